The van der Waals surface area contributed by atoms with Crippen LogP contribution in [0.1, 0.15) is 29.3 Å². The van der Waals surface area contributed by atoms with E-state index in [4.69, 9.17) is 16.4 Å². The Morgan fingerprint density at radius 2 is 2.04 bits per heavy atom. The SMILES string of the molecule is Cc1cc(I)ccc1Nc1c(C(=O)NOCCC(C)O)cc(Cl)c(F)c1F. The third kappa shape index (κ3) is 5.74. The minimum atomic E-state index is -1.27. The first-order valence-corrected chi connectivity index (χ1v) is 9.47. The van der Waals surface area contributed by atoms with Gasteiger partial charge in [0.25, 0.3) is 5.91 Å². The summed E-state index contributed by atoms with van der Waals surface area (Å²) < 4.78 is 29.4. The van der Waals surface area contributed by atoms with Gasteiger partial charge in [-0.25, -0.2) is 14.3 Å². The Labute approximate surface area is 174 Å². The quantitative estimate of drug-likeness (QED) is 0.218. The van der Waals surface area contributed by atoms with E-state index >= 15 is 0 Å². The van der Waals surface area contributed by atoms with Crippen molar-refractivity contribution < 1.29 is 23.5 Å². The maximum absolute atomic E-state index is 14.5. The van der Waals surface area contributed by atoms with Gasteiger partial charge in [-0.1, -0.05) is 11.6 Å². The van der Waals surface area contributed by atoms with Gasteiger partial charge in [-0.2, -0.15) is 0 Å². The van der Waals surface area contributed by atoms with Crippen molar-refractivity contribution in [3.63, 3.8) is 0 Å². The molecule has 146 valence electrons. The summed E-state index contributed by atoms with van der Waals surface area (Å²) in [6, 6.07) is 6.37. The van der Waals surface area contributed by atoms with Crippen LogP contribution in [0, 0.1) is 22.1 Å². The van der Waals surface area contributed by atoms with Crippen LogP contribution in [-0.4, -0.2) is 23.7 Å². The smallest absolute Gasteiger partial charge is 0.277 e. The van der Waals surface area contributed by atoms with Crippen LogP contribution in [0.25, 0.3) is 0 Å². The lowest BCUT2D eigenvalue weighted by Gasteiger charge is -2.16. The molecule has 1 unspecified atom stereocenters. The van der Waals surface area contributed by atoms with Crippen LogP contribution in [-0.2, 0) is 4.84 Å². The molecule has 2 aromatic carbocycles. The van der Waals surface area contributed by atoms with E-state index in [1.165, 1.54) is 0 Å². The summed E-state index contributed by atoms with van der Waals surface area (Å²) in [5, 5.41) is 11.4. The van der Waals surface area contributed by atoms with E-state index in [-0.39, 0.29) is 17.9 Å². The molecular formula is C18H18ClF2IN2O3. The van der Waals surface area contributed by atoms with Crippen molar-refractivity contribution in [1.29, 1.82) is 0 Å². The van der Waals surface area contributed by atoms with Crippen LogP contribution in [0.15, 0.2) is 24.3 Å². The van der Waals surface area contributed by atoms with Gasteiger partial charge in [-0.3, -0.25) is 9.63 Å². The fourth-order valence-electron chi connectivity index (χ4n) is 2.20. The van der Waals surface area contributed by atoms with Crippen molar-refractivity contribution in [2.75, 3.05) is 11.9 Å². The Kier molecular flexibility index (Phi) is 7.78. The average Bonchev–Trinajstić information content (AvgIpc) is 2.60. The zero-order valence-corrected chi connectivity index (χ0v) is 17.5. The Hall–Kier alpha value is -1.49. The molecule has 0 aromatic heterocycles. The van der Waals surface area contributed by atoms with E-state index in [9.17, 15) is 18.7 Å². The fraction of sp³-hybridized carbons (Fsp3) is 0.278. The lowest BCUT2D eigenvalue weighted by molar-refractivity contribution is 0.0187. The first kappa shape index (κ1) is 21.8. The highest BCUT2D eigenvalue weighted by Gasteiger charge is 2.23. The molecule has 1 atom stereocenters. The lowest BCUT2D eigenvalue weighted by Crippen LogP contribution is -2.26. The summed E-state index contributed by atoms with van der Waals surface area (Å²) in [7, 11) is 0. The monoisotopic (exact) mass is 510 g/mol. The number of amides is 1. The minimum absolute atomic E-state index is 0.0554. The normalized spacial score (nSPS) is 12.0. The van der Waals surface area contributed by atoms with Gasteiger partial charge < -0.3 is 10.4 Å². The molecule has 0 bridgehead atoms. The predicted molar refractivity (Wildman–Crippen MR) is 108 cm³/mol. The van der Waals surface area contributed by atoms with Gasteiger partial charge >= 0.3 is 0 Å². The van der Waals surface area contributed by atoms with Crippen molar-refractivity contribution in [2.24, 2.45) is 0 Å². The highest BCUT2D eigenvalue weighted by Crippen LogP contribution is 2.32. The number of aliphatic hydroxyl groups excluding tert-OH is 1. The van der Waals surface area contributed by atoms with Gasteiger partial charge in [0.15, 0.2) is 11.6 Å². The van der Waals surface area contributed by atoms with Gasteiger partial charge in [0.05, 0.1) is 29.0 Å². The second-order valence-electron chi connectivity index (χ2n) is 5.91. The van der Waals surface area contributed by atoms with Gasteiger partial charge in [-0.05, 0) is 72.7 Å². The molecule has 2 rings (SSSR count). The van der Waals surface area contributed by atoms with Crippen LogP contribution in [0.2, 0.25) is 5.02 Å². The van der Waals surface area contributed by atoms with Gasteiger partial charge in [0.1, 0.15) is 0 Å². The van der Waals surface area contributed by atoms with Crippen molar-refractivity contribution in [2.45, 2.75) is 26.4 Å². The van der Waals surface area contributed by atoms with Gasteiger partial charge in [0, 0.05) is 9.26 Å². The Morgan fingerprint density at radius 1 is 1.33 bits per heavy atom. The molecule has 0 fully saturated rings. The van der Waals surface area contributed by atoms with Crippen molar-refractivity contribution in [1.82, 2.24) is 5.48 Å². The number of nitrogens with one attached hydrogen (secondary N) is 2. The van der Waals surface area contributed by atoms with Crippen LogP contribution >= 0.6 is 34.2 Å². The number of benzene rings is 2. The Balaban J connectivity index is 2.32. The molecule has 0 heterocycles. The fourth-order valence-corrected chi connectivity index (χ4v) is 3.04. The molecular weight excluding hydrogens is 493 g/mol. The minimum Gasteiger partial charge on any atom is -0.393 e. The molecule has 1 amide bonds. The van der Waals surface area contributed by atoms with Gasteiger partial charge in [0.2, 0.25) is 0 Å². The number of halogens is 4. The number of hydrogen-bond acceptors (Lipinski definition) is 4. The largest absolute Gasteiger partial charge is 0.393 e. The van der Waals surface area contributed by atoms with E-state index in [0.717, 1.165) is 15.2 Å². The summed E-state index contributed by atoms with van der Waals surface area (Å²) in [6.07, 6.45) is -0.299. The van der Waals surface area contributed by atoms with E-state index in [0.29, 0.717) is 12.1 Å². The molecule has 27 heavy (non-hydrogen) atoms. The van der Waals surface area contributed by atoms with Crippen molar-refractivity contribution in [3.8, 4) is 0 Å². The molecule has 0 aliphatic rings. The first-order chi connectivity index (χ1) is 12.7. The Bertz CT molecular complexity index is 850. The number of aryl methyl sites for hydroxylation is 1. The third-order valence-electron chi connectivity index (χ3n) is 3.66. The summed E-state index contributed by atoms with van der Waals surface area (Å²) in [5.41, 5.74) is 2.88. The number of carbonyl (C=O) groups excluding carboxylic acids is 1. The highest BCUT2D eigenvalue weighted by molar-refractivity contribution is 14.1. The second kappa shape index (κ2) is 9.63. The van der Waals surface area contributed by atoms with Crippen LogP contribution in [0.4, 0.5) is 20.2 Å². The van der Waals surface area contributed by atoms with E-state index in [1.807, 2.05) is 6.07 Å². The topological polar surface area (TPSA) is 70.6 Å². The molecule has 0 aliphatic heterocycles. The molecule has 2 aromatic rings. The lowest BCUT2D eigenvalue weighted by atomic mass is 10.1. The van der Waals surface area contributed by atoms with E-state index in [1.54, 1.807) is 26.0 Å². The summed E-state index contributed by atoms with van der Waals surface area (Å²) in [5.74, 6) is -3.32. The summed E-state index contributed by atoms with van der Waals surface area (Å²) >= 11 is 7.83. The molecule has 0 saturated heterocycles. The highest BCUT2D eigenvalue weighted by atomic mass is 127. The zero-order chi connectivity index (χ0) is 20.1. The standard InChI is InChI=1S/C18H18ClF2IN2O3/c1-9-7-11(22)3-4-14(9)23-17-12(8-13(19)15(20)16(17)21)18(26)24-27-6-5-10(2)25/h3-4,7-8,10,23,25H,5-6H2,1-2H3,(H,24,26). The number of rotatable bonds is 7. The second-order valence-corrected chi connectivity index (χ2v) is 7.56. The molecule has 0 spiro atoms. The van der Waals surface area contributed by atoms with E-state index in [2.05, 4.69) is 33.4 Å². The first-order valence-electron chi connectivity index (χ1n) is 8.01. The molecule has 9 heteroatoms. The summed E-state index contributed by atoms with van der Waals surface area (Å²) in [6.45, 7) is 3.43. The average molecular weight is 511 g/mol. The van der Waals surface area contributed by atoms with Crippen molar-refractivity contribution in [3.05, 3.63) is 55.6 Å². The zero-order valence-electron chi connectivity index (χ0n) is 14.6. The molecule has 5 nitrogen and oxygen atoms in total. The number of hydrogen-bond donors (Lipinski definition) is 3. The number of carbonyl (C=O) groups is 1. The maximum atomic E-state index is 14.5. The third-order valence-corrected chi connectivity index (χ3v) is 4.60. The Morgan fingerprint density at radius 3 is 2.67 bits per heavy atom. The number of anilines is 2. The number of aliphatic hydroxyl groups is 1. The van der Waals surface area contributed by atoms with Crippen molar-refractivity contribution >= 4 is 51.5 Å². The predicted octanol–water partition coefficient (Wildman–Crippen LogP) is 4.71. The van der Waals surface area contributed by atoms with E-state index < -0.39 is 28.7 Å². The number of hydroxylamine groups is 1. The molecule has 0 saturated carbocycles. The van der Waals surface area contributed by atoms with Gasteiger partial charge in [-0.15, -0.1) is 0 Å². The van der Waals surface area contributed by atoms with Crippen LogP contribution in [0.3, 0.4) is 0 Å². The molecule has 3 N–H and O–H groups in total. The van der Waals surface area contributed by atoms with Crippen LogP contribution in [0.5, 0.6) is 0 Å². The summed E-state index contributed by atoms with van der Waals surface area (Å²) in [4.78, 5) is 17.3. The molecule has 0 aliphatic carbocycles. The maximum Gasteiger partial charge on any atom is 0.277 e. The molecule has 0 radical (unpaired) electrons. The van der Waals surface area contributed by atoms with Crippen LogP contribution < -0.4 is 10.8 Å².